The SMILES string of the molecule is CCC(C)Sc1ccc(OCCOc2nccs2)cc1. The van der Waals surface area contributed by atoms with E-state index in [1.165, 1.54) is 22.7 Å². The van der Waals surface area contributed by atoms with Crippen LogP contribution in [0.15, 0.2) is 40.7 Å². The van der Waals surface area contributed by atoms with Gasteiger partial charge in [-0.2, -0.15) is 0 Å². The van der Waals surface area contributed by atoms with Gasteiger partial charge in [-0.15, -0.1) is 11.8 Å². The van der Waals surface area contributed by atoms with Crippen molar-refractivity contribution in [1.29, 1.82) is 0 Å². The van der Waals surface area contributed by atoms with E-state index in [0.717, 1.165) is 5.75 Å². The van der Waals surface area contributed by atoms with E-state index < -0.39 is 0 Å². The number of rotatable bonds is 8. The Morgan fingerprint density at radius 3 is 2.60 bits per heavy atom. The summed E-state index contributed by atoms with van der Waals surface area (Å²) in [4.78, 5) is 5.33. The van der Waals surface area contributed by atoms with E-state index in [-0.39, 0.29) is 0 Å². The van der Waals surface area contributed by atoms with E-state index in [9.17, 15) is 0 Å². The minimum absolute atomic E-state index is 0.511. The van der Waals surface area contributed by atoms with Gasteiger partial charge >= 0.3 is 0 Å². The molecule has 0 fully saturated rings. The van der Waals surface area contributed by atoms with E-state index in [4.69, 9.17) is 9.47 Å². The highest BCUT2D eigenvalue weighted by Gasteiger charge is 2.02. The van der Waals surface area contributed by atoms with E-state index in [0.29, 0.717) is 23.7 Å². The van der Waals surface area contributed by atoms with Gasteiger partial charge in [0, 0.05) is 21.7 Å². The lowest BCUT2D eigenvalue weighted by Crippen LogP contribution is -2.08. The second-order valence-electron chi connectivity index (χ2n) is 4.30. The maximum atomic E-state index is 5.63. The molecule has 0 radical (unpaired) electrons. The molecule has 3 nitrogen and oxygen atoms in total. The molecule has 0 saturated heterocycles. The fraction of sp³-hybridized carbons (Fsp3) is 0.400. The van der Waals surface area contributed by atoms with Crippen LogP contribution in [0.2, 0.25) is 0 Å². The Labute approximate surface area is 128 Å². The van der Waals surface area contributed by atoms with Crippen LogP contribution >= 0.6 is 23.1 Å². The lowest BCUT2D eigenvalue weighted by atomic mass is 10.3. The Bertz CT molecular complexity index is 485. The average molecular weight is 309 g/mol. The van der Waals surface area contributed by atoms with Crippen molar-refractivity contribution < 1.29 is 9.47 Å². The largest absolute Gasteiger partial charge is 0.490 e. The Hall–Kier alpha value is -1.20. The normalized spacial score (nSPS) is 12.1. The van der Waals surface area contributed by atoms with E-state index >= 15 is 0 Å². The molecular formula is C15H19NO2S2. The summed E-state index contributed by atoms with van der Waals surface area (Å²) in [5.74, 6) is 0.876. The highest BCUT2D eigenvalue weighted by molar-refractivity contribution is 7.99. The lowest BCUT2D eigenvalue weighted by molar-refractivity contribution is 0.216. The molecule has 0 N–H and O–H groups in total. The molecule has 0 aliphatic carbocycles. The molecule has 5 heteroatoms. The van der Waals surface area contributed by atoms with Crippen molar-refractivity contribution in [2.24, 2.45) is 0 Å². The Morgan fingerprint density at radius 1 is 1.20 bits per heavy atom. The van der Waals surface area contributed by atoms with Crippen LogP contribution in [-0.2, 0) is 0 Å². The predicted octanol–water partition coefficient (Wildman–Crippen LogP) is 4.49. The molecule has 1 aromatic carbocycles. The summed E-state index contributed by atoms with van der Waals surface area (Å²) in [6, 6.07) is 8.23. The average Bonchev–Trinajstić information content (AvgIpc) is 2.98. The van der Waals surface area contributed by atoms with Crippen LogP contribution in [0.25, 0.3) is 0 Å². The van der Waals surface area contributed by atoms with Gasteiger partial charge in [0.2, 0.25) is 0 Å². The molecule has 0 spiro atoms. The van der Waals surface area contributed by atoms with Gasteiger partial charge in [-0.3, -0.25) is 0 Å². The topological polar surface area (TPSA) is 31.4 Å². The monoisotopic (exact) mass is 309 g/mol. The fourth-order valence-electron chi connectivity index (χ4n) is 1.50. The highest BCUT2D eigenvalue weighted by atomic mass is 32.2. The molecular weight excluding hydrogens is 290 g/mol. The minimum atomic E-state index is 0.511. The Balaban J connectivity index is 1.70. The summed E-state index contributed by atoms with van der Waals surface area (Å²) < 4.78 is 11.1. The summed E-state index contributed by atoms with van der Waals surface area (Å²) in [5, 5.41) is 3.23. The molecule has 0 amide bonds. The summed E-state index contributed by atoms with van der Waals surface area (Å²) in [6.45, 7) is 5.48. The van der Waals surface area contributed by atoms with Gasteiger partial charge < -0.3 is 9.47 Å². The van der Waals surface area contributed by atoms with Crippen LogP contribution in [-0.4, -0.2) is 23.4 Å². The van der Waals surface area contributed by atoms with Gasteiger partial charge in [-0.25, -0.2) is 4.98 Å². The van der Waals surface area contributed by atoms with Gasteiger partial charge in [0.15, 0.2) is 0 Å². The number of thiazole rings is 1. The van der Waals surface area contributed by atoms with Gasteiger partial charge in [0.1, 0.15) is 19.0 Å². The van der Waals surface area contributed by atoms with Gasteiger partial charge in [-0.1, -0.05) is 25.2 Å². The molecule has 1 aromatic heterocycles. The van der Waals surface area contributed by atoms with Gasteiger partial charge in [0.25, 0.3) is 5.19 Å². The third-order valence-electron chi connectivity index (χ3n) is 2.72. The minimum Gasteiger partial charge on any atom is -0.490 e. The second-order valence-corrected chi connectivity index (χ2v) is 6.67. The first kappa shape index (κ1) is 15.2. The molecule has 1 heterocycles. The molecule has 0 bridgehead atoms. The maximum Gasteiger partial charge on any atom is 0.273 e. The van der Waals surface area contributed by atoms with Crippen LogP contribution in [0.4, 0.5) is 0 Å². The number of nitrogens with zero attached hydrogens (tertiary/aromatic N) is 1. The summed E-state index contributed by atoms with van der Waals surface area (Å²) in [5.41, 5.74) is 0. The van der Waals surface area contributed by atoms with E-state index in [1.807, 2.05) is 29.3 Å². The first-order valence-corrected chi connectivity index (χ1v) is 8.45. The van der Waals surface area contributed by atoms with Crippen molar-refractivity contribution in [3.8, 4) is 10.9 Å². The molecule has 108 valence electrons. The van der Waals surface area contributed by atoms with Crippen LogP contribution in [0.1, 0.15) is 20.3 Å². The van der Waals surface area contributed by atoms with Crippen molar-refractivity contribution in [3.05, 3.63) is 35.8 Å². The smallest absolute Gasteiger partial charge is 0.273 e. The van der Waals surface area contributed by atoms with Gasteiger partial charge in [-0.05, 0) is 30.7 Å². The van der Waals surface area contributed by atoms with Crippen molar-refractivity contribution in [1.82, 2.24) is 4.98 Å². The van der Waals surface area contributed by atoms with Crippen LogP contribution in [0.5, 0.6) is 10.9 Å². The Morgan fingerprint density at radius 2 is 1.95 bits per heavy atom. The molecule has 1 atom stereocenters. The summed E-state index contributed by atoms with van der Waals surface area (Å²) >= 11 is 3.38. The number of hydrogen-bond donors (Lipinski definition) is 0. The van der Waals surface area contributed by atoms with Crippen LogP contribution in [0.3, 0.4) is 0 Å². The fourth-order valence-corrected chi connectivity index (χ4v) is 2.94. The quantitative estimate of drug-likeness (QED) is 0.531. The molecule has 2 aromatic rings. The number of ether oxygens (including phenoxy) is 2. The number of aromatic nitrogens is 1. The first-order valence-electron chi connectivity index (χ1n) is 6.69. The Kier molecular flexibility index (Phi) is 6.21. The zero-order valence-corrected chi connectivity index (χ0v) is 13.4. The summed E-state index contributed by atoms with van der Waals surface area (Å²) in [6.07, 6.45) is 2.91. The maximum absolute atomic E-state index is 5.63. The third kappa shape index (κ3) is 5.06. The first-order chi connectivity index (χ1) is 9.78. The third-order valence-corrected chi connectivity index (χ3v) is 4.69. The number of thioether (sulfide) groups is 1. The number of benzene rings is 1. The van der Waals surface area contributed by atoms with Crippen molar-refractivity contribution in [3.63, 3.8) is 0 Å². The molecule has 1 unspecified atom stereocenters. The van der Waals surface area contributed by atoms with Gasteiger partial charge in [0.05, 0.1) is 0 Å². The van der Waals surface area contributed by atoms with Crippen molar-refractivity contribution in [2.75, 3.05) is 13.2 Å². The molecule has 20 heavy (non-hydrogen) atoms. The molecule has 0 aliphatic rings. The van der Waals surface area contributed by atoms with E-state index in [1.54, 1.807) is 6.20 Å². The molecule has 0 saturated carbocycles. The van der Waals surface area contributed by atoms with Crippen molar-refractivity contribution in [2.45, 2.75) is 30.4 Å². The second kappa shape index (κ2) is 8.17. The predicted molar refractivity (Wildman–Crippen MR) is 85.2 cm³/mol. The highest BCUT2D eigenvalue weighted by Crippen LogP contribution is 2.26. The van der Waals surface area contributed by atoms with Crippen LogP contribution < -0.4 is 9.47 Å². The lowest BCUT2D eigenvalue weighted by Gasteiger charge is -2.10. The van der Waals surface area contributed by atoms with Crippen LogP contribution in [0, 0.1) is 0 Å². The molecule has 0 aliphatic heterocycles. The standard InChI is InChI=1S/C15H19NO2S2/c1-3-12(2)20-14-6-4-13(5-7-14)17-9-10-18-15-16-8-11-19-15/h4-8,11-12H,3,9-10H2,1-2H3. The van der Waals surface area contributed by atoms with E-state index in [2.05, 4.69) is 31.0 Å². The summed E-state index contributed by atoms with van der Waals surface area (Å²) in [7, 11) is 0. The van der Waals surface area contributed by atoms with Crippen molar-refractivity contribution >= 4 is 23.1 Å². The molecule has 2 rings (SSSR count). The number of hydrogen-bond acceptors (Lipinski definition) is 5. The zero-order valence-electron chi connectivity index (χ0n) is 11.7. The zero-order chi connectivity index (χ0) is 14.2.